The van der Waals surface area contributed by atoms with Crippen molar-refractivity contribution in [2.75, 3.05) is 32.1 Å². The molecular formula is C18H28N2O3. The fourth-order valence-corrected chi connectivity index (χ4v) is 2.69. The molecule has 0 saturated carbocycles. The summed E-state index contributed by atoms with van der Waals surface area (Å²) < 4.78 is 11.0. The highest BCUT2D eigenvalue weighted by Gasteiger charge is 2.16. The smallest absolute Gasteiger partial charge is 0.224 e. The summed E-state index contributed by atoms with van der Waals surface area (Å²) in [6.07, 6.45) is 4.70. The largest absolute Gasteiger partial charge is 0.497 e. The van der Waals surface area contributed by atoms with E-state index in [9.17, 15) is 4.79 Å². The average Bonchev–Trinajstić information content (AvgIpc) is 3.08. The molecule has 1 amide bonds. The maximum absolute atomic E-state index is 12.2. The molecule has 1 unspecified atom stereocenters. The Bertz CT molecular complexity index is 499. The first-order valence-electron chi connectivity index (χ1n) is 8.54. The molecule has 0 aromatic heterocycles. The minimum atomic E-state index is 0.0329. The van der Waals surface area contributed by atoms with Gasteiger partial charge in [0.1, 0.15) is 11.5 Å². The lowest BCUT2D eigenvalue weighted by Gasteiger charge is -2.14. The highest BCUT2D eigenvalue weighted by atomic mass is 16.5. The Labute approximate surface area is 138 Å². The van der Waals surface area contributed by atoms with Gasteiger partial charge in [0.05, 0.1) is 19.4 Å². The van der Waals surface area contributed by atoms with Crippen LogP contribution in [0.3, 0.4) is 0 Å². The molecule has 1 atom stereocenters. The Morgan fingerprint density at radius 2 is 2.30 bits per heavy atom. The molecule has 0 spiro atoms. The molecule has 0 aliphatic carbocycles. The van der Waals surface area contributed by atoms with Gasteiger partial charge in [0.25, 0.3) is 0 Å². The van der Waals surface area contributed by atoms with Gasteiger partial charge >= 0.3 is 0 Å². The molecule has 128 valence electrons. The summed E-state index contributed by atoms with van der Waals surface area (Å²) >= 11 is 0. The monoisotopic (exact) mass is 320 g/mol. The molecule has 0 radical (unpaired) electrons. The van der Waals surface area contributed by atoms with Gasteiger partial charge in [-0.15, -0.1) is 0 Å². The number of hydrogen-bond donors (Lipinski definition) is 2. The Morgan fingerprint density at radius 1 is 1.43 bits per heavy atom. The van der Waals surface area contributed by atoms with Crippen LogP contribution in [-0.4, -0.2) is 32.7 Å². The molecule has 1 aliphatic heterocycles. The topological polar surface area (TPSA) is 59.6 Å². The molecule has 23 heavy (non-hydrogen) atoms. The van der Waals surface area contributed by atoms with Crippen molar-refractivity contribution in [2.24, 2.45) is 5.92 Å². The zero-order chi connectivity index (χ0) is 16.5. The fraction of sp³-hybridized carbons (Fsp3) is 0.611. The Balaban J connectivity index is 1.93. The number of ether oxygens (including phenoxy) is 2. The van der Waals surface area contributed by atoms with Crippen LogP contribution in [-0.2, 0) is 4.79 Å². The van der Waals surface area contributed by atoms with Crippen LogP contribution in [0.2, 0.25) is 0 Å². The van der Waals surface area contributed by atoms with Crippen molar-refractivity contribution in [3.63, 3.8) is 0 Å². The van der Waals surface area contributed by atoms with Crippen LogP contribution in [0.25, 0.3) is 0 Å². The molecule has 1 aromatic rings. The number of amides is 1. The van der Waals surface area contributed by atoms with Crippen LogP contribution >= 0.6 is 0 Å². The van der Waals surface area contributed by atoms with E-state index in [1.54, 1.807) is 7.11 Å². The van der Waals surface area contributed by atoms with Gasteiger partial charge in [0, 0.05) is 12.5 Å². The lowest BCUT2D eigenvalue weighted by Crippen LogP contribution is -2.15. The summed E-state index contributed by atoms with van der Waals surface area (Å²) in [4.78, 5) is 12.2. The summed E-state index contributed by atoms with van der Waals surface area (Å²) in [5, 5.41) is 6.30. The maximum atomic E-state index is 12.2. The van der Waals surface area contributed by atoms with Gasteiger partial charge in [-0.2, -0.15) is 0 Å². The van der Waals surface area contributed by atoms with Gasteiger partial charge in [-0.3, -0.25) is 4.79 Å². The van der Waals surface area contributed by atoms with E-state index in [-0.39, 0.29) is 5.91 Å². The van der Waals surface area contributed by atoms with Gasteiger partial charge in [0.15, 0.2) is 0 Å². The number of hydrogen-bond acceptors (Lipinski definition) is 4. The molecule has 1 saturated heterocycles. The first-order chi connectivity index (χ1) is 11.2. The van der Waals surface area contributed by atoms with E-state index in [2.05, 4.69) is 17.6 Å². The predicted octanol–water partition coefficient (Wildman–Crippen LogP) is 3.20. The molecule has 5 heteroatoms. The van der Waals surface area contributed by atoms with E-state index >= 15 is 0 Å². The summed E-state index contributed by atoms with van der Waals surface area (Å²) in [5.41, 5.74) is 0.690. The first kappa shape index (κ1) is 17.6. The first-order valence-corrected chi connectivity index (χ1v) is 8.54. The zero-order valence-corrected chi connectivity index (χ0v) is 14.2. The van der Waals surface area contributed by atoms with E-state index in [1.807, 2.05) is 18.2 Å². The fourth-order valence-electron chi connectivity index (χ4n) is 2.69. The van der Waals surface area contributed by atoms with Crippen molar-refractivity contribution in [3.8, 4) is 11.5 Å². The van der Waals surface area contributed by atoms with Crippen molar-refractivity contribution < 1.29 is 14.3 Å². The number of methoxy groups -OCH3 is 1. The third-order valence-corrected chi connectivity index (χ3v) is 4.16. The van der Waals surface area contributed by atoms with Gasteiger partial charge < -0.3 is 20.1 Å². The van der Waals surface area contributed by atoms with Gasteiger partial charge in [0.2, 0.25) is 5.91 Å². The Kier molecular flexibility index (Phi) is 7.20. The van der Waals surface area contributed by atoms with Crippen molar-refractivity contribution >= 4 is 11.6 Å². The standard InChI is InChI=1S/C18H28N2O3/c1-3-4-11-23-17-7-6-15(22-2)12-16(17)20-18(21)8-5-14-9-10-19-13-14/h6-7,12,14,19H,3-5,8-11,13H2,1-2H3,(H,20,21). The van der Waals surface area contributed by atoms with Crippen LogP contribution in [0, 0.1) is 5.92 Å². The van der Waals surface area contributed by atoms with Gasteiger partial charge in [-0.25, -0.2) is 0 Å². The molecule has 1 aromatic carbocycles. The van der Waals surface area contributed by atoms with Crippen molar-refractivity contribution in [1.82, 2.24) is 5.32 Å². The highest BCUT2D eigenvalue weighted by molar-refractivity contribution is 5.92. The minimum absolute atomic E-state index is 0.0329. The lowest BCUT2D eigenvalue weighted by atomic mass is 10.0. The maximum Gasteiger partial charge on any atom is 0.224 e. The lowest BCUT2D eigenvalue weighted by molar-refractivity contribution is -0.116. The second kappa shape index (κ2) is 9.40. The number of anilines is 1. The Hall–Kier alpha value is -1.75. The van der Waals surface area contributed by atoms with Crippen LogP contribution in [0.4, 0.5) is 5.69 Å². The van der Waals surface area contributed by atoms with Crippen LogP contribution in [0.5, 0.6) is 11.5 Å². The van der Waals surface area contributed by atoms with E-state index < -0.39 is 0 Å². The zero-order valence-electron chi connectivity index (χ0n) is 14.2. The van der Waals surface area contributed by atoms with Crippen LogP contribution < -0.4 is 20.1 Å². The van der Waals surface area contributed by atoms with E-state index in [0.29, 0.717) is 36.1 Å². The summed E-state index contributed by atoms with van der Waals surface area (Å²) in [5.74, 6) is 2.06. The minimum Gasteiger partial charge on any atom is -0.497 e. The second-order valence-corrected chi connectivity index (χ2v) is 6.01. The van der Waals surface area contributed by atoms with Crippen LogP contribution in [0.1, 0.15) is 39.0 Å². The molecule has 2 N–H and O–H groups in total. The summed E-state index contributed by atoms with van der Waals surface area (Å²) in [6.45, 7) is 4.87. The molecular weight excluding hydrogens is 292 g/mol. The van der Waals surface area contributed by atoms with Crippen molar-refractivity contribution in [3.05, 3.63) is 18.2 Å². The van der Waals surface area contributed by atoms with E-state index in [4.69, 9.17) is 9.47 Å². The van der Waals surface area contributed by atoms with Crippen LogP contribution in [0.15, 0.2) is 18.2 Å². The Morgan fingerprint density at radius 3 is 3.00 bits per heavy atom. The highest BCUT2D eigenvalue weighted by Crippen LogP contribution is 2.30. The van der Waals surface area contributed by atoms with E-state index in [1.165, 1.54) is 0 Å². The molecule has 5 nitrogen and oxygen atoms in total. The second-order valence-electron chi connectivity index (χ2n) is 6.01. The summed E-state index contributed by atoms with van der Waals surface area (Å²) in [6, 6.07) is 5.52. The number of rotatable bonds is 9. The average molecular weight is 320 g/mol. The molecule has 2 rings (SSSR count). The third-order valence-electron chi connectivity index (χ3n) is 4.16. The SMILES string of the molecule is CCCCOc1ccc(OC)cc1NC(=O)CCC1CCNC1. The van der Waals surface area contributed by atoms with Gasteiger partial charge in [-0.1, -0.05) is 13.3 Å². The molecule has 0 bridgehead atoms. The van der Waals surface area contributed by atoms with Crippen molar-refractivity contribution in [1.29, 1.82) is 0 Å². The predicted molar refractivity (Wildman–Crippen MR) is 92.2 cm³/mol. The summed E-state index contributed by atoms with van der Waals surface area (Å²) in [7, 11) is 1.62. The van der Waals surface area contributed by atoms with Gasteiger partial charge in [-0.05, 0) is 50.4 Å². The van der Waals surface area contributed by atoms with E-state index in [0.717, 1.165) is 38.8 Å². The number of carbonyl (C=O) groups is 1. The van der Waals surface area contributed by atoms with Crippen molar-refractivity contribution in [2.45, 2.75) is 39.0 Å². The molecule has 1 fully saturated rings. The molecule has 1 aliphatic rings. The molecule has 1 heterocycles. The number of nitrogens with one attached hydrogen (secondary N) is 2. The third kappa shape index (κ3) is 5.75. The number of carbonyl (C=O) groups excluding carboxylic acids is 1. The number of unbranched alkanes of at least 4 members (excludes halogenated alkanes) is 1. The number of benzene rings is 1. The quantitative estimate of drug-likeness (QED) is 0.686. The normalized spacial score (nSPS) is 17.0.